The molecule has 0 saturated heterocycles. The van der Waals surface area contributed by atoms with Crippen LogP contribution in [0.4, 0.5) is 5.69 Å². The van der Waals surface area contributed by atoms with Crippen molar-refractivity contribution in [1.82, 2.24) is 5.32 Å². The van der Waals surface area contributed by atoms with Gasteiger partial charge in [0.25, 0.3) is 0 Å². The Kier molecular flexibility index (Phi) is 2.19. The van der Waals surface area contributed by atoms with E-state index in [1.807, 2.05) is 10.8 Å². The van der Waals surface area contributed by atoms with Gasteiger partial charge in [-0.1, -0.05) is 11.6 Å². The lowest BCUT2D eigenvalue weighted by molar-refractivity contribution is 0.959. The molecule has 0 atom stereocenters. The molecule has 0 aliphatic carbocycles. The van der Waals surface area contributed by atoms with Gasteiger partial charge in [-0.15, -0.1) is 11.3 Å². The Morgan fingerprint density at radius 3 is 3.08 bits per heavy atom. The Morgan fingerprint density at radius 1 is 1.58 bits per heavy atom. The molecule has 1 aromatic rings. The lowest BCUT2D eigenvalue weighted by atomic mass is 10.5. The van der Waals surface area contributed by atoms with Gasteiger partial charge in [-0.25, -0.2) is 0 Å². The van der Waals surface area contributed by atoms with Gasteiger partial charge in [0, 0.05) is 17.3 Å². The third-order valence-electron chi connectivity index (χ3n) is 1.54. The SMILES string of the molecule is Clc1cscc1NC1=NCCN1. The normalized spacial score (nSPS) is 15.6. The van der Waals surface area contributed by atoms with Crippen LogP contribution < -0.4 is 10.6 Å². The Balaban J connectivity index is 2.08. The quantitative estimate of drug-likeness (QED) is 0.727. The van der Waals surface area contributed by atoms with Crippen molar-refractivity contribution in [3.63, 3.8) is 0 Å². The maximum absolute atomic E-state index is 5.88. The summed E-state index contributed by atoms with van der Waals surface area (Å²) in [7, 11) is 0. The van der Waals surface area contributed by atoms with Crippen molar-refractivity contribution in [2.75, 3.05) is 18.4 Å². The highest BCUT2D eigenvalue weighted by molar-refractivity contribution is 7.09. The first-order valence-corrected chi connectivity index (χ1v) is 4.95. The average molecular weight is 202 g/mol. The number of guanidine groups is 1. The summed E-state index contributed by atoms with van der Waals surface area (Å²) in [4.78, 5) is 4.19. The summed E-state index contributed by atoms with van der Waals surface area (Å²) in [5.74, 6) is 0.815. The number of hydrogen-bond donors (Lipinski definition) is 2. The van der Waals surface area contributed by atoms with E-state index >= 15 is 0 Å². The van der Waals surface area contributed by atoms with Crippen molar-refractivity contribution in [3.8, 4) is 0 Å². The molecule has 1 aromatic heterocycles. The van der Waals surface area contributed by atoms with Crippen LogP contribution in [0.1, 0.15) is 0 Å². The highest BCUT2D eigenvalue weighted by Gasteiger charge is 2.07. The van der Waals surface area contributed by atoms with Gasteiger partial charge in [-0.2, -0.15) is 0 Å². The number of halogens is 1. The van der Waals surface area contributed by atoms with Gasteiger partial charge >= 0.3 is 0 Å². The van der Waals surface area contributed by atoms with Crippen LogP contribution in [0.15, 0.2) is 15.8 Å². The summed E-state index contributed by atoms with van der Waals surface area (Å²) in [5.41, 5.74) is 0.926. The predicted octanol–water partition coefficient (Wildman–Crippen LogP) is 1.77. The van der Waals surface area contributed by atoms with Crippen molar-refractivity contribution in [3.05, 3.63) is 15.8 Å². The van der Waals surface area contributed by atoms with Crippen LogP contribution in [0.25, 0.3) is 0 Å². The number of aliphatic imine (C=N–C) groups is 1. The minimum absolute atomic E-state index is 0.747. The molecular formula is C7H8ClN3S. The highest BCUT2D eigenvalue weighted by Crippen LogP contribution is 2.25. The number of thiophene rings is 1. The monoisotopic (exact) mass is 201 g/mol. The van der Waals surface area contributed by atoms with Gasteiger partial charge in [-0.05, 0) is 0 Å². The van der Waals surface area contributed by atoms with Crippen molar-refractivity contribution >= 4 is 34.6 Å². The second-order valence-electron chi connectivity index (χ2n) is 2.42. The maximum atomic E-state index is 5.88. The molecule has 0 amide bonds. The molecule has 0 bridgehead atoms. The van der Waals surface area contributed by atoms with Gasteiger partial charge in [0.15, 0.2) is 5.96 Å². The fraction of sp³-hybridized carbons (Fsp3) is 0.286. The zero-order chi connectivity index (χ0) is 8.39. The van der Waals surface area contributed by atoms with E-state index in [0.717, 1.165) is 29.8 Å². The van der Waals surface area contributed by atoms with Crippen LogP contribution >= 0.6 is 22.9 Å². The first-order chi connectivity index (χ1) is 5.86. The first kappa shape index (κ1) is 7.89. The average Bonchev–Trinajstić information content (AvgIpc) is 2.65. The Labute approximate surface area is 79.5 Å². The van der Waals surface area contributed by atoms with Crippen LogP contribution in [0, 0.1) is 0 Å². The third-order valence-corrected chi connectivity index (χ3v) is 2.73. The van der Waals surface area contributed by atoms with E-state index in [1.54, 1.807) is 11.3 Å². The largest absolute Gasteiger partial charge is 0.354 e. The Hall–Kier alpha value is -0.740. The fourth-order valence-electron chi connectivity index (χ4n) is 0.980. The van der Waals surface area contributed by atoms with E-state index < -0.39 is 0 Å². The molecule has 0 radical (unpaired) electrons. The number of hydrogen-bond acceptors (Lipinski definition) is 4. The standard InChI is InChI=1S/C7H8ClN3S/c8-5-3-12-4-6(5)11-7-9-1-2-10-7/h3-4H,1-2H2,(H2,9,10,11). The van der Waals surface area contributed by atoms with E-state index in [2.05, 4.69) is 15.6 Å². The number of nitrogens with zero attached hydrogens (tertiary/aromatic N) is 1. The summed E-state index contributed by atoms with van der Waals surface area (Å²) in [6, 6.07) is 0. The molecule has 1 aliphatic rings. The Morgan fingerprint density at radius 2 is 2.50 bits per heavy atom. The molecule has 1 aliphatic heterocycles. The zero-order valence-electron chi connectivity index (χ0n) is 6.30. The summed E-state index contributed by atoms with van der Waals surface area (Å²) in [6.07, 6.45) is 0. The summed E-state index contributed by atoms with van der Waals surface area (Å²) in [5, 5.41) is 10.8. The Bertz CT molecular complexity index is 307. The van der Waals surface area contributed by atoms with E-state index in [4.69, 9.17) is 11.6 Å². The molecule has 0 aromatic carbocycles. The van der Waals surface area contributed by atoms with Crippen LogP contribution in [0.5, 0.6) is 0 Å². The van der Waals surface area contributed by atoms with Gasteiger partial charge in [-0.3, -0.25) is 4.99 Å². The summed E-state index contributed by atoms with van der Waals surface area (Å²) >= 11 is 7.46. The van der Waals surface area contributed by atoms with Gasteiger partial charge in [0.2, 0.25) is 0 Å². The first-order valence-electron chi connectivity index (χ1n) is 3.63. The number of nitrogens with one attached hydrogen (secondary N) is 2. The van der Waals surface area contributed by atoms with Gasteiger partial charge < -0.3 is 10.6 Å². The van der Waals surface area contributed by atoms with Gasteiger partial charge in [0.1, 0.15) is 0 Å². The van der Waals surface area contributed by atoms with Gasteiger partial charge in [0.05, 0.1) is 17.3 Å². The van der Waals surface area contributed by atoms with E-state index in [9.17, 15) is 0 Å². The molecule has 2 N–H and O–H groups in total. The summed E-state index contributed by atoms with van der Waals surface area (Å²) in [6.45, 7) is 1.74. The molecule has 0 spiro atoms. The van der Waals surface area contributed by atoms with Crippen LogP contribution in [-0.2, 0) is 0 Å². The maximum Gasteiger partial charge on any atom is 0.195 e. The zero-order valence-corrected chi connectivity index (χ0v) is 7.87. The smallest absolute Gasteiger partial charge is 0.195 e. The predicted molar refractivity (Wildman–Crippen MR) is 53.3 cm³/mol. The molecule has 2 heterocycles. The van der Waals surface area contributed by atoms with Crippen LogP contribution in [0.2, 0.25) is 5.02 Å². The number of rotatable bonds is 1. The molecule has 2 rings (SSSR count). The van der Waals surface area contributed by atoms with Crippen molar-refractivity contribution in [2.24, 2.45) is 4.99 Å². The lowest BCUT2D eigenvalue weighted by Crippen LogP contribution is -2.25. The minimum atomic E-state index is 0.747. The summed E-state index contributed by atoms with van der Waals surface area (Å²) < 4.78 is 0. The van der Waals surface area contributed by atoms with E-state index in [0.29, 0.717) is 0 Å². The second-order valence-corrected chi connectivity index (χ2v) is 3.57. The fourth-order valence-corrected chi connectivity index (χ4v) is 1.94. The molecule has 5 heteroatoms. The molecule has 12 heavy (non-hydrogen) atoms. The molecular weight excluding hydrogens is 194 g/mol. The third kappa shape index (κ3) is 1.54. The minimum Gasteiger partial charge on any atom is -0.354 e. The van der Waals surface area contributed by atoms with Crippen molar-refractivity contribution in [1.29, 1.82) is 0 Å². The highest BCUT2D eigenvalue weighted by atomic mass is 35.5. The van der Waals surface area contributed by atoms with Crippen molar-refractivity contribution < 1.29 is 0 Å². The van der Waals surface area contributed by atoms with Crippen molar-refractivity contribution in [2.45, 2.75) is 0 Å². The molecule has 0 fully saturated rings. The number of anilines is 1. The molecule has 3 nitrogen and oxygen atoms in total. The lowest BCUT2D eigenvalue weighted by Gasteiger charge is -2.03. The topological polar surface area (TPSA) is 36.4 Å². The van der Waals surface area contributed by atoms with E-state index in [1.165, 1.54) is 0 Å². The second kappa shape index (κ2) is 3.33. The van der Waals surface area contributed by atoms with E-state index in [-0.39, 0.29) is 0 Å². The molecule has 0 unspecified atom stereocenters. The molecule has 64 valence electrons. The molecule has 0 saturated carbocycles. The van der Waals surface area contributed by atoms with Crippen LogP contribution in [-0.4, -0.2) is 19.0 Å². The van der Waals surface area contributed by atoms with Crippen LogP contribution in [0.3, 0.4) is 0 Å².